The summed E-state index contributed by atoms with van der Waals surface area (Å²) in [5, 5.41) is 9.98. The number of carboxylic acids is 1. The van der Waals surface area contributed by atoms with Crippen LogP contribution in [-0.4, -0.2) is 16.1 Å². The van der Waals surface area contributed by atoms with Crippen molar-refractivity contribution < 1.29 is 9.90 Å². The minimum atomic E-state index is -0.868. The number of carbonyl (C=O) groups is 1. The first-order valence-corrected chi connectivity index (χ1v) is 4.84. The highest BCUT2D eigenvalue weighted by molar-refractivity contribution is 6.06. The van der Waals surface area contributed by atoms with Gasteiger partial charge in [-0.15, -0.1) is 0 Å². The fourth-order valence-electron chi connectivity index (χ4n) is 1.96. The molecule has 0 amide bonds. The maximum atomic E-state index is 11.1. The Bertz CT molecular complexity index is 552. The van der Waals surface area contributed by atoms with E-state index in [1.165, 1.54) is 0 Å². The second kappa shape index (κ2) is 3.12. The van der Waals surface area contributed by atoms with Crippen LogP contribution in [0, 0.1) is 20.8 Å². The molecule has 0 bridgehead atoms. The molecule has 15 heavy (non-hydrogen) atoms. The number of aryl methyl sites for hydroxylation is 3. The number of rotatable bonds is 1. The predicted molar refractivity (Wildman–Crippen MR) is 59.5 cm³/mol. The van der Waals surface area contributed by atoms with Gasteiger partial charge in [0.05, 0.1) is 5.56 Å². The van der Waals surface area contributed by atoms with Crippen LogP contribution in [0.2, 0.25) is 0 Å². The third kappa shape index (κ3) is 1.31. The molecular formula is C12H13NO2. The fourth-order valence-corrected chi connectivity index (χ4v) is 1.96. The van der Waals surface area contributed by atoms with E-state index in [1.54, 1.807) is 6.92 Å². The van der Waals surface area contributed by atoms with Crippen molar-refractivity contribution in [2.45, 2.75) is 20.8 Å². The van der Waals surface area contributed by atoms with E-state index in [0.29, 0.717) is 11.3 Å². The number of aromatic nitrogens is 1. The quantitative estimate of drug-likeness (QED) is 0.748. The van der Waals surface area contributed by atoms with Crippen molar-refractivity contribution in [3.63, 3.8) is 0 Å². The van der Waals surface area contributed by atoms with Gasteiger partial charge in [-0.25, -0.2) is 4.79 Å². The molecule has 0 radical (unpaired) electrons. The molecule has 3 heteroatoms. The monoisotopic (exact) mass is 203 g/mol. The van der Waals surface area contributed by atoms with Gasteiger partial charge >= 0.3 is 5.97 Å². The molecule has 1 aromatic carbocycles. The first kappa shape index (κ1) is 9.77. The zero-order valence-corrected chi connectivity index (χ0v) is 9.01. The minimum Gasteiger partial charge on any atom is -0.478 e. The van der Waals surface area contributed by atoms with Gasteiger partial charge in [0.15, 0.2) is 0 Å². The largest absolute Gasteiger partial charge is 0.478 e. The Labute approximate surface area is 87.7 Å². The van der Waals surface area contributed by atoms with Gasteiger partial charge in [0, 0.05) is 16.6 Å². The van der Waals surface area contributed by atoms with Crippen LogP contribution in [0.4, 0.5) is 0 Å². The molecule has 0 spiro atoms. The maximum Gasteiger partial charge on any atom is 0.338 e. The van der Waals surface area contributed by atoms with E-state index in [4.69, 9.17) is 5.11 Å². The van der Waals surface area contributed by atoms with Gasteiger partial charge in [0.2, 0.25) is 0 Å². The second-order valence-electron chi connectivity index (χ2n) is 3.86. The molecule has 0 saturated carbocycles. The highest BCUT2D eigenvalue weighted by Crippen LogP contribution is 2.27. The lowest BCUT2D eigenvalue weighted by Gasteiger charge is -2.02. The van der Waals surface area contributed by atoms with Gasteiger partial charge in [0.25, 0.3) is 0 Å². The molecule has 0 aliphatic heterocycles. The molecule has 78 valence electrons. The Morgan fingerprint density at radius 1 is 1.27 bits per heavy atom. The van der Waals surface area contributed by atoms with E-state index < -0.39 is 5.97 Å². The SMILES string of the molecule is Cc1ccc2[nH]c(C)c(C(=O)O)c2c1C. The van der Waals surface area contributed by atoms with Gasteiger partial charge in [-0.05, 0) is 38.0 Å². The van der Waals surface area contributed by atoms with Gasteiger partial charge in [-0.2, -0.15) is 0 Å². The highest BCUT2D eigenvalue weighted by atomic mass is 16.4. The van der Waals surface area contributed by atoms with E-state index in [-0.39, 0.29) is 0 Å². The smallest absolute Gasteiger partial charge is 0.338 e. The molecule has 0 saturated heterocycles. The number of benzene rings is 1. The van der Waals surface area contributed by atoms with E-state index in [2.05, 4.69) is 4.98 Å². The Morgan fingerprint density at radius 2 is 1.93 bits per heavy atom. The van der Waals surface area contributed by atoms with Gasteiger partial charge in [0.1, 0.15) is 0 Å². The summed E-state index contributed by atoms with van der Waals surface area (Å²) in [5.74, 6) is -0.868. The first-order valence-electron chi connectivity index (χ1n) is 4.84. The molecule has 1 heterocycles. The van der Waals surface area contributed by atoms with Crippen molar-refractivity contribution in [1.82, 2.24) is 4.98 Å². The number of nitrogens with one attached hydrogen (secondary N) is 1. The Balaban J connectivity index is 2.96. The third-order valence-electron chi connectivity index (χ3n) is 2.90. The van der Waals surface area contributed by atoms with Gasteiger partial charge in [-0.3, -0.25) is 0 Å². The van der Waals surface area contributed by atoms with Crippen LogP contribution in [-0.2, 0) is 0 Å². The standard InChI is InChI=1S/C12H13NO2/c1-6-4-5-9-10(7(6)2)11(12(14)15)8(3)13-9/h4-5,13H,1-3H3,(H,14,15). The summed E-state index contributed by atoms with van der Waals surface area (Å²) in [6.07, 6.45) is 0. The molecule has 1 aromatic heterocycles. The highest BCUT2D eigenvalue weighted by Gasteiger charge is 2.16. The summed E-state index contributed by atoms with van der Waals surface area (Å²) in [6.45, 7) is 5.73. The van der Waals surface area contributed by atoms with Crippen LogP contribution < -0.4 is 0 Å². The topological polar surface area (TPSA) is 53.1 Å². The molecule has 0 unspecified atom stereocenters. The zero-order chi connectivity index (χ0) is 11.2. The average molecular weight is 203 g/mol. The molecule has 2 N–H and O–H groups in total. The van der Waals surface area contributed by atoms with Crippen LogP contribution in [0.3, 0.4) is 0 Å². The fraction of sp³-hybridized carbons (Fsp3) is 0.250. The molecule has 3 nitrogen and oxygen atoms in total. The van der Waals surface area contributed by atoms with Crippen molar-refractivity contribution >= 4 is 16.9 Å². The maximum absolute atomic E-state index is 11.1. The number of fused-ring (bicyclic) bond motifs is 1. The summed E-state index contributed by atoms with van der Waals surface area (Å²) in [6, 6.07) is 3.93. The summed E-state index contributed by atoms with van der Waals surface area (Å²) >= 11 is 0. The number of aromatic amines is 1. The summed E-state index contributed by atoms with van der Waals surface area (Å²) in [7, 11) is 0. The molecular weight excluding hydrogens is 190 g/mol. The lowest BCUT2D eigenvalue weighted by atomic mass is 10.0. The number of carboxylic acid groups (broad SMARTS) is 1. The average Bonchev–Trinajstić information content (AvgIpc) is 2.49. The number of aromatic carboxylic acids is 1. The zero-order valence-electron chi connectivity index (χ0n) is 9.01. The molecule has 0 aliphatic carbocycles. The number of hydrogen-bond acceptors (Lipinski definition) is 1. The lowest BCUT2D eigenvalue weighted by Crippen LogP contribution is -1.98. The Morgan fingerprint density at radius 3 is 2.53 bits per heavy atom. The number of hydrogen-bond donors (Lipinski definition) is 2. The van der Waals surface area contributed by atoms with Crippen LogP contribution >= 0.6 is 0 Å². The first-order chi connectivity index (χ1) is 7.02. The Kier molecular flexibility index (Phi) is 2.03. The summed E-state index contributed by atoms with van der Waals surface area (Å²) in [5.41, 5.74) is 4.16. The molecule has 0 atom stereocenters. The summed E-state index contributed by atoms with van der Waals surface area (Å²) in [4.78, 5) is 14.2. The molecule has 2 rings (SSSR count). The number of H-pyrrole nitrogens is 1. The van der Waals surface area contributed by atoms with Gasteiger partial charge in [-0.1, -0.05) is 6.07 Å². The van der Waals surface area contributed by atoms with Crippen LogP contribution in [0.5, 0.6) is 0 Å². The van der Waals surface area contributed by atoms with E-state index in [9.17, 15) is 4.79 Å². The van der Waals surface area contributed by atoms with Crippen molar-refractivity contribution in [2.24, 2.45) is 0 Å². The minimum absolute atomic E-state index is 0.395. The van der Waals surface area contributed by atoms with Crippen LogP contribution in [0.15, 0.2) is 12.1 Å². The van der Waals surface area contributed by atoms with Crippen molar-refractivity contribution in [2.75, 3.05) is 0 Å². The van der Waals surface area contributed by atoms with Crippen LogP contribution in [0.25, 0.3) is 10.9 Å². The van der Waals surface area contributed by atoms with Crippen molar-refractivity contribution in [1.29, 1.82) is 0 Å². The second-order valence-corrected chi connectivity index (χ2v) is 3.86. The molecule has 0 aliphatic rings. The lowest BCUT2D eigenvalue weighted by molar-refractivity contribution is 0.0698. The molecule has 2 aromatic rings. The third-order valence-corrected chi connectivity index (χ3v) is 2.90. The van der Waals surface area contributed by atoms with Gasteiger partial charge < -0.3 is 10.1 Å². The van der Waals surface area contributed by atoms with E-state index in [0.717, 1.165) is 22.0 Å². The van der Waals surface area contributed by atoms with E-state index in [1.807, 2.05) is 26.0 Å². The van der Waals surface area contributed by atoms with Crippen molar-refractivity contribution in [3.8, 4) is 0 Å². The predicted octanol–water partition coefficient (Wildman–Crippen LogP) is 2.79. The molecule has 0 fully saturated rings. The normalized spacial score (nSPS) is 10.9. The van der Waals surface area contributed by atoms with Crippen molar-refractivity contribution in [3.05, 3.63) is 34.5 Å². The van der Waals surface area contributed by atoms with E-state index >= 15 is 0 Å². The Hall–Kier alpha value is -1.77. The van der Waals surface area contributed by atoms with Crippen LogP contribution in [0.1, 0.15) is 27.2 Å². The summed E-state index contributed by atoms with van der Waals surface area (Å²) < 4.78 is 0.